The van der Waals surface area contributed by atoms with Crippen LogP contribution in [-0.4, -0.2) is 29.1 Å². The van der Waals surface area contributed by atoms with E-state index in [0.29, 0.717) is 0 Å². The summed E-state index contributed by atoms with van der Waals surface area (Å²) < 4.78 is 0. The summed E-state index contributed by atoms with van der Waals surface area (Å²) in [7, 11) is 0. The number of benzene rings is 1. The first-order chi connectivity index (χ1) is 11.6. The van der Waals surface area contributed by atoms with Gasteiger partial charge < -0.3 is 15.5 Å². The van der Waals surface area contributed by atoms with Crippen LogP contribution in [0.2, 0.25) is 0 Å². The van der Waals surface area contributed by atoms with Gasteiger partial charge in [-0.2, -0.15) is 0 Å². The molecule has 1 aromatic carbocycles. The van der Waals surface area contributed by atoms with Crippen LogP contribution >= 0.6 is 0 Å². The monoisotopic (exact) mass is 335 g/mol. The van der Waals surface area contributed by atoms with E-state index in [1.54, 1.807) is 0 Å². The first kappa shape index (κ1) is 21.1. The third kappa shape index (κ3) is 11.6. The molecule has 3 nitrogen and oxygen atoms in total. The van der Waals surface area contributed by atoms with Gasteiger partial charge in [0.1, 0.15) is 0 Å². The Morgan fingerprint density at radius 3 is 1.92 bits per heavy atom. The average molecular weight is 336 g/mol. The van der Waals surface area contributed by atoms with Crippen molar-refractivity contribution in [2.75, 3.05) is 13.1 Å². The second kappa shape index (κ2) is 13.4. The van der Waals surface area contributed by atoms with E-state index in [-0.39, 0.29) is 13.0 Å². The lowest BCUT2D eigenvalue weighted by Crippen LogP contribution is -2.42. The van der Waals surface area contributed by atoms with Crippen molar-refractivity contribution in [3.63, 3.8) is 0 Å². The van der Waals surface area contributed by atoms with Crippen LogP contribution in [0.15, 0.2) is 30.3 Å². The summed E-state index contributed by atoms with van der Waals surface area (Å²) in [5, 5.41) is 23.2. The minimum Gasteiger partial charge on any atom is -0.364 e. The molecule has 0 atom stereocenters. The maximum Gasteiger partial charge on any atom is 0.179 e. The number of hydrogen-bond acceptors (Lipinski definition) is 3. The van der Waals surface area contributed by atoms with Crippen LogP contribution in [0.4, 0.5) is 0 Å². The van der Waals surface area contributed by atoms with Crippen LogP contribution in [0.1, 0.15) is 76.7 Å². The number of rotatable bonds is 15. The molecule has 0 heterocycles. The molecule has 0 aliphatic heterocycles. The molecule has 0 aliphatic carbocycles. The van der Waals surface area contributed by atoms with E-state index in [9.17, 15) is 10.2 Å². The molecular weight excluding hydrogens is 298 g/mol. The van der Waals surface area contributed by atoms with Crippen molar-refractivity contribution in [3.8, 4) is 0 Å². The normalized spacial score (nSPS) is 11.8. The summed E-state index contributed by atoms with van der Waals surface area (Å²) in [6.07, 6.45) is 13.5. The molecule has 3 N–H and O–H groups in total. The molecule has 0 aliphatic rings. The molecule has 0 unspecified atom stereocenters. The van der Waals surface area contributed by atoms with Gasteiger partial charge in [-0.15, -0.1) is 0 Å². The Kier molecular flexibility index (Phi) is 11.8. The zero-order valence-corrected chi connectivity index (χ0v) is 15.5. The van der Waals surface area contributed by atoms with Crippen LogP contribution in [0.3, 0.4) is 0 Å². The van der Waals surface area contributed by atoms with Crippen LogP contribution < -0.4 is 5.32 Å². The van der Waals surface area contributed by atoms with E-state index in [1.165, 1.54) is 57.8 Å². The summed E-state index contributed by atoms with van der Waals surface area (Å²) in [5.41, 5.74) is 0.947. The van der Waals surface area contributed by atoms with Gasteiger partial charge >= 0.3 is 0 Å². The molecule has 24 heavy (non-hydrogen) atoms. The van der Waals surface area contributed by atoms with Crippen molar-refractivity contribution in [2.24, 2.45) is 0 Å². The van der Waals surface area contributed by atoms with Crippen molar-refractivity contribution in [2.45, 2.75) is 83.3 Å². The molecule has 0 bridgehead atoms. The Labute approximate surface area is 148 Å². The Hall–Kier alpha value is -0.900. The third-order valence-corrected chi connectivity index (χ3v) is 4.45. The quantitative estimate of drug-likeness (QED) is 0.328. The van der Waals surface area contributed by atoms with Gasteiger partial charge in [0.05, 0.1) is 0 Å². The minimum atomic E-state index is -1.67. The van der Waals surface area contributed by atoms with Gasteiger partial charge in [0, 0.05) is 13.0 Å². The molecule has 0 aromatic heterocycles. The van der Waals surface area contributed by atoms with E-state index in [0.717, 1.165) is 18.5 Å². The highest BCUT2D eigenvalue weighted by Crippen LogP contribution is 2.11. The Bertz CT molecular complexity index is 392. The van der Waals surface area contributed by atoms with Crippen LogP contribution in [0.25, 0.3) is 0 Å². The number of unbranched alkanes of at least 4 members (excludes halogenated alkanes) is 9. The Balaban J connectivity index is 1.92. The van der Waals surface area contributed by atoms with E-state index in [2.05, 4.69) is 12.2 Å². The standard InChI is InChI=1S/C21H37NO2/c1-2-3-4-5-6-7-8-9-10-14-17-22-19-21(23,24)18-20-15-12-11-13-16-20/h11-13,15-16,22-24H,2-10,14,17-19H2,1H3. The molecule has 0 radical (unpaired) electrons. The highest BCUT2D eigenvalue weighted by molar-refractivity contribution is 5.16. The minimum absolute atomic E-state index is 0.222. The van der Waals surface area contributed by atoms with Gasteiger partial charge in [-0.25, -0.2) is 0 Å². The molecule has 0 amide bonds. The summed E-state index contributed by atoms with van der Waals surface area (Å²) in [6.45, 7) is 3.33. The largest absolute Gasteiger partial charge is 0.364 e. The van der Waals surface area contributed by atoms with Crippen molar-refractivity contribution in [1.82, 2.24) is 5.32 Å². The Morgan fingerprint density at radius 1 is 0.792 bits per heavy atom. The van der Waals surface area contributed by atoms with Gasteiger partial charge in [0.2, 0.25) is 0 Å². The number of aliphatic hydroxyl groups is 2. The van der Waals surface area contributed by atoms with E-state index < -0.39 is 5.79 Å². The van der Waals surface area contributed by atoms with Crippen molar-refractivity contribution < 1.29 is 10.2 Å². The topological polar surface area (TPSA) is 52.5 Å². The fraction of sp³-hybridized carbons (Fsp3) is 0.714. The molecule has 138 valence electrons. The van der Waals surface area contributed by atoms with Gasteiger partial charge in [-0.3, -0.25) is 0 Å². The summed E-state index contributed by atoms with van der Waals surface area (Å²) >= 11 is 0. The van der Waals surface area contributed by atoms with Crippen molar-refractivity contribution in [3.05, 3.63) is 35.9 Å². The first-order valence-corrected chi connectivity index (χ1v) is 9.83. The van der Waals surface area contributed by atoms with Crippen molar-refractivity contribution >= 4 is 0 Å². The molecule has 1 rings (SSSR count). The molecular formula is C21H37NO2. The van der Waals surface area contributed by atoms with Gasteiger partial charge in [-0.1, -0.05) is 95.0 Å². The van der Waals surface area contributed by atoms with Crippen molar-refractivity contribution in [1.29, 1.82) is 0 Å². The average Bonchev–Trinajstić information content (AvgIpc) is 2.56. The highest BCUT2D eigenvalue weighted by atomic mass is 16.5. The maximum atomic E-state index is 10.0. The fourth-order valence-corrected chi connectivity index (χ4v) is 3.01. The lowest BCUT2D eigenvalue weighted by Gasteiger charge is -2.22. The maximum absolute atomic E-state index is 10.0. The zero-order valence-electron chi connectivity index (χ0n) is 15.5. The van der Waals surface area contributed by atoms with Gasteiger partial charge in [0.25, 0.3) is 0 Å². The molecule has 0 spiro atoms. The predicted octanol–water partition coefficient (Wildman–Crippen LogP) is 4.42. The predicted molar refractivity (Wildman–Crippen MR) is 102 cm³/mol. The van der Waals surface area contributed by atoms with Gasteiger partial charge in [-0.05, 0) is 18.5 Å². The number of hydrogen-bond donors (Lipinski definition) is 3. The molecule has 0 fully saturated rings. The van der Waals surface area contributed by atoms with E-state index in [1.807, 2.05) is 30.3 Å². The lowest BCUT2D eigenvalue weighted by atomic mass is 10.0. The fourth-order valence-electron chi connectivity index (χ4n) is 3.01. The van der Waals surface area contributed by atoms with Crippen LogP contribution in [0, 0.1) is 0 Å². The first-order valence-electron chi connectivity index (χ1n) is 9.83. The third-order valence-electron chi connectivity index (χ3n) is 4.45. The molecule has 0 saturated carbocycles. The summed E-state index contributed by atoms with van der Waals surface area (Å²) in [4.78, 5) is 0. The Morgan fingerprint density at radius 2 is 1.33 bits per heavy atom. The SMILES string of the molecule is CCCCCCCCCCCCNCC(O)(O)Cc1ccccc1. The van der Waals surface area contributed by atoms with E-state index >= 15 is 0 Å². The smallest absolute Gasteiger partial charge is 0.179 e. The lowest BCUT2D eigenvalue weighted by molar-refractivity contribution is -0.155. The van der Waals surface area contributed by atoms with Crippen LogP contribution in [0.5, 0.6) is 0 Å². The van der Waals surface area contributed by atoms with E-state index in [4.69, 9.17) is 0 Å². The zero-order chi connectivity index (χ0) is 17.5. The molecule has 3 heteroatoms. The summed E-state index contributed by atoms with van der Waals surface area (Å²) in [6, 6.07) is 9.61. The second-order valence-corrected chi connectivity index (χ2v) is 7.00. The molecule has 0 saturated heterocycles. The number of nitrogens with one attached hydrogen (secondary N) is 1. The highest BCUT2D eigenvalue weighted by Gasteiger charge is 2.22. The second-order valence-electron chi connectivity index (χ2n) is 7.00. The van der Waals surface area contributed by atoms with Crippen LogP contribution in [-0.2, 0) is 6.42 Å². The molecule has 1 aromatic rings. The van der Waals surface area contributed by atoms with Gasteiger partial charge in [0.15, 0.2) is 5.79 Å². The summed E-state index contributed by atoms with van der Waals surface area (Å²) in [5.74, 6) is -1.67.